The van der Waals surface area contributed by atoms with Crippen molar-refractivity contribution in [1.82, 2.24) is 15.1 Å². The molecule has 0 aliphatic carbocycles. The van der Waals surface area contributed by atoms with Gasteiger partial charge in [-0.1, -0.05) is 41.4 Å². The summed E-state index contributed by atoms with van der Waals surface area (Å²) >= 11 is 12.4. The number of hydrogen-bond acceptors (Lipinski definition) is 2. The van der Waals surface area contributed by atoms with Crippen LogP contribution in [0.4, 0.5) is 0 Å². The summed E-state index contributed by atoms with van der Waals surface area (Å²) in [5.74, 6) is 0. The molecule has 1 aromatic carbocycles. The molecule has 2 rings (SSSR count). The highest BCUT2D eigenvalue weighted by Gasteiger charge is 2.23. The van der Waals surface area contributed by atoms with Crippen molar-refractivity contribution in [2.45, 2.75) is 32.9 Å². The van der Waals surface area contributed by atoms with Crippen molar-refractivity contribution in [2.75, 3.05) is 6.54 Å². The molecule has 0 saturated carbocycles. The third kappa shape index (κ3) is 4.00. The summed E-state index contributed by atoms with van der Waals surface area (Å²) in [7, 11) is 0. The Hall–Kier alpha value is -0.110. The monoisotopic (exact) mass is 481 g/mol. The maximum Gasteiger partial charge on any atom is 0.0837 e. The Labute approximate surface area is 152 Å². The molecule has 0 spiro atoms. The van der Waals surface area contributed by atoms with Gasteiger partial charge in [-0.2, -0.15) is 5.10 Å². The zero-order valence-corrected chi connectivity index (χ0v) is 16.5. The molecule has 1 N–H and O–H groups in total. The van der Waals surface area contributed by atoms with E-state index < -0.39 is 0 Å². The lowest BCUT2D eigenvalue weighted by atomic mass is 10.0. The molecule has 0 radical (unpaired) electrons. The molecule has 6 heteroatoms. The number of benzene rings is 1. The van der Waals surface area contributed by atoms with Crippen molar-refractivity contribution in [3.8, 4) is 0 Å². The average molecular weight is 483 g/mol. The standard InChI is InChI=1S/C15H18BrClIN3/c1-3-7-21-15(13(17)9-20-21)14(19-4-2)11-8-10(18)5-6-12(11)16/h5-6,8-9,14,19H,3-4,7H2,1-2H3. The van der Waals surface area contributed by atoms with Crippen LogP contribution in [0.25, 0.3) is 0 Å². The first kappa shape index (κ1) is 17.2. The van der Waals surface area contributed by atoms with Gasteiger partial charge in [0.1, 0.15) is 0 Å². The molecule has 0 saturated heterocycles. The molecular weight excluding hydrogens is 464 g/mol. The SMILES string of the molecule is CCCn1ncc(Cl)c1C(NCC)c1cc(I)ccc1Br. The summed E-state index contributed by atoms with van der Waals surface area (Å²) in [5, 5.41) is 8.65. The third-order valence-electron chi connectivity index (χ3n) is 3.22. The van der Waals surface area contributed by atoms with E-state index in [0.29, 0.717) is 5.02 Å². The van der Waals surface area contributed by atoms with Crippen LogP contribution < -0.4 is 5.32 Å². The van der Waals surface area contributed by atoms with Gasteiger partial charge in [0.15, 0.2) is 0 Å². The Bertz CT molecular complexity index is 615. The Morgan fingerprint density at radius 2 is 2.19 bits per heavy atom. The predicted octanol–water partition coefficient (Wildman–Crippen LogP) is 5.01. The van der Waals surface area contributed by atoms with Crippen LogP contribution in [0.2, 0.25) is 5.02 Å². The molecular formula is C15H18BrClIN3. The van der Waals surface area contributed by atoms with Gasteiger partial charge in [0.2, 0.25) is 0 Å². The Morgan fingerprint density at radius 3 is 2.86 bits per heavy atom. The minimum absolute atomic E-state index is 0.0284. The summed E-state index contributed by atoms with van der Waals surface area (Å²) in [6.07, 6.45) is 2.76. The lowest BCUT2D eigenvalue weighted by Crippen LogP contribution is -2.25. The number of hydrogen-bond donors (Lipinski definition) is 1. The van der Waals surface area contributed by atoms with Gasteiger partial charge in [-0.25, -0.2) is 0 Å². The first-order chi connectivity index (χ1) is 10.1. The molecule has 1 heterocycles. The van der Waals surface area contributed by atoms with E-state index >= 15 is 0 Å². The molecule has 0 amide bonds. The first-order valence-corrected chi connectivity index (χ1v) is 9.23. The zero-order chi connectivity index (χ0) is 15.4. The minimum Gasteiger partial charge on any atom is -0.305 e. The zero-order valence-electron chi connectivity index (χ0n) is 12.0. The molecule has 0 aliphatic rings. The molecule has 0 bridgehead atoms. The third-order valence-corrected chi connectivity index (χ3v) is 4.90. The minimum atomic E-state index is 0.0284. The van der Waals surface area contributed by atoms with Gasteiger partial charge in [-0.05, 0) is 59.3 Å². The molecule has 1 atom stereocenters. The van der Waals surface area contributed by atoms with Gasteiger partial charge in [0, 0.05) is 14.6 Å². The van der Waals surface area contributed by atoms with E-state index in [1.165, 1.54) is 9.13 Å². The Balaban J connectivity index is 2.53. The highest BCUT2D eigenvalue weighted by Crippen LogP contribution is 2.33. The van der Waals surface area contributed by atoms with Crippen LogP contribution in [0.3, 0.4) is 0 Å². The lowest BCUT2D eigenvalue weighted by Gasteiger charge is -2.22. The molecule has 0 aliphatic heterocycles. The summed E-state index contributed by atoms with van der Waals surface area (Å²) in [6, 6.07) is 6.37. The van der Waals surface area contributed by atoms with Crippen molar-refractivity contribution in [2.24, 2.45) is 0 Å². The van der Waals surface area contributed by atoms with Gasteiger partial charge in [0.25, 0.3) is 0 Å². The second-order valence-corrected chi connectivity index (χ2v) is 7.26. The number of aromatic nitrogens is 2. The lowest BCUT2D eigenvalue weighted by molar-refractivity contribution is 0.519. The van der Waals surface area contributed by atoms with Crippen molar-refractivity contribution in [1.29, 1.82) is 0 Å². The summed E-state index contributed by atoms with van der Waals surface area (Å²) in [4.78, 5) is 0. The van der Waals surface area contributed by atoms with E-state index in [2.05, 4.69) is 81.0 Å². The van der Waals surface area contributed by atoms with Crippen LogP contribution in [0.15, 0.2) is 28.9 Å². The van der Waals surface area contributed by atoms with Crippen molar-refractivity contribution in [3.05, 3.63) is 48.7 Å². The van der Waals surface area contributed by atoms with Gasteiger partial charge >= 0.3 is 0 Å². The molecule has 21 heavy (non-hydrogen) atoms. The number of nitrogens with zero attached hydrogens (tertiary/aromatic N) is 2. The van der Waals surface area contributed by atoms with Crippen LogP contribution in [0.5, 0.6) is 0 Å². The van der Waals surface area contributed by atoms with Gasteiger partial charge < -0.3 is 5.32 Å². The van der Waals surface area contributed by atoms with E-state index in [1.807, 2.05) is 4.68 Å². The van der Waals surface area contributed by atoms with E-state index in [4.69, 9.17) is 11.6 Å². The van der Waals surface area contributed by atoms with E-state index in [-0.39, 0.29) is 6.04 Å². The van der Waals surface area contributed by atoms with E-state index in [9.17, 15) is 0 Å². The molecule has 2 aromatic rings. The highest BCUT2D eigenvalue weighted by molar-refractivity contribution is 14.1. The predicted molar refractivity (Wildman–Crippen MR) is 99.9 cm³/mol. The van der Waals surface area contributed by atoms with Gasteiger partial charge in [-0.3, -0.25) is 4.68 Å². The molecule has 1 unspecified atom stereocenters. The van der Waals surface area contributed by atoms with Crippen LogP contribution in [-0.4, -0.2) is 16.3 Å². The fourth-order valence-corrected chi connectivity index (χ4v) is 3.58. The smallest absolute Gasteiger partial charge is 0.0837 e. The van der Waals surface area contributed by atoms with E-state index in [1.54, 1.807) is 6.20 Å². The molecule has 0 fully saturated rings. The number of aryl methyl sites for hydroxylation is 1. The first-order valence-electron chi connectivity index (χ1n) is 6.98. The Kier molecular flexibility index (Phi) is 6.52. The fourth-order valence-electron chi connectivity index (χ4n) is 2.34. The summed E-state index contributed by atoms with van der Waals surface area (Å²) < 4.78 is 4.28. The molecule has 3 nitrogen and oxygen atoms in total. The number of rotatable bonds is 6. The highest BCUT2D eigenvalue weighted by atomic mass is 127. The van der Waals surface area contributed by atoms with Crippen molar-refractivity contribution in [3.63, 3.8) is 0 Å². The summed E-state index contributed by atoms with van der Waals surface area (Å²) in [6.45, 7) is 5.97. The Morgan fingerprint density at radius 1 is 1.43 bits per heavy atom. The van der Waals surface area contributed by atoms with Crippen LogP contribution in [0.1, 0.15) is 37.6 Å². The van der Waals surface area contributed by atoms with E-state index in [0.717, 1.165) is 29.7 Å². The molecule has 114 valence electrons. The van der Waals surface area contributed by atoms with Crippen molar-refractivity contribution >= 4 is 50.1 Å². The van der Waals surface area contributed by atoms with Gasteiger partial charge in [-0.15, -0.1) is 0 Å². The molecule has 1 aromatic heterocycles. The van der Waals surface area contributed by atoms with Crippen molar-refractivity contribution < 1.29 is 0 Å². The largest absolute Gasteiger partial charge is 0.305 e. The average Bonchev–Trinajstić information content (AvgIpc) is 2.81. The summed E-state index contributed by atoms with van der Waals surface area (Å²) in [5.41, 5.74) is 2.21. The quantitative estimate of drug-likeness (QED) is 0.587. The maximum absolute atomic E-state index is 6.41. The topological polar surface area (TPSA) is 29.9 Å². The van der Waals surface area contributed by atoms with Crippen LogP contribution in [-0.2, 0) is 6.54 Å². The second-order valence-electron chi connectivity index (χ2n) is 4.76. The maximum atomic E-state index is 6.41. The number of nitrogens with one attached hydrogen (secondary N) is 1. The normalized spacial score (nSPS) is 12.6. The van der Waals surface area contributed by atoms with Crippen LogP contribution >= 0.6 is 50.1 Å². The second kappa shape index (κ2) is 7.94. The fraction of sp³-hybridized carbons (Fsp3) is 0.400. The van der Waals surface area contributed by atoms with Gasteiger partial charge in [0.05, 0.1) is 23.0 Å². The number of halogens is 3. The van der Waals surface area contributed by atoms with Crippen LogP contribution in [0, 0.1) is 3.57 Å².